The predicted octanol–water partition coefficient (Wildman–Crippen LogP) is 4.42. The molecule has 3 aromatic carbocycles. The maximum atomic E-state index is 14.1. The number of thiazole rings is 1. The number of aromatic nitrogens is 1. The van der Waals surface area contributed by atoms with E-state index >= 15 is 0 Å². The molecular weight excluding hydrogens is 599 g/mol. The average molecular weight is 631 g/mol. The molecule has 5 rings (SSSR count). The highest BCUT2D eigenvalue weighted by atomic mass is 32.1. The first-order valence-electron chi connectivity index (χ1n) is 14.4. The van der Waals surface area contributed by atoms with Crippen LogP contribution in [0.1, 0.15) is 43.5 Å². The molecule has 2 heterocycles. The highest BCUT2D eigenvalue weighted by Crippen LogP contribution is 2.35. The Morgan fingerprint density at radius 2 is 1.64 bits per heavy atom. The summed E-state index contributed by atoms with van der Waals surface area (Å²) in [7, 11) is 0. The van der Waals surface area contributed by atoms with Crippen molar-refractivity contribution in [3.8, 4) is 11.5 Å². The van der Waals surface area contributed by atoms with E-state index in [9.17, 15) is 18.8 Å². The molecule has 4 aromatic rings. The zero-order valence-electron chi connectivity index (χ0n) is 24.9. The molecule has 45 heavy (non-hydrogen) atoms. The topological polar surface area (TPSA) is 105 Å². The summed E-state index contributed by atoms with van der Waals surface area (Å²) in [6.07, 6.45) is 1.69. The first kappa shape index (κ1) is 31.4. The monoisotopic (exact) mass is 630 g/mol. The molecule has 0 saturated heterocycles. The Balaban J connectivity index is 1.67. The van der Waals surface area contributed by atoms with Gasteiger partial charge in [-0.25, -0.2) is 19.0 Å². The number of halogens is 1. The zero-order valence-corrected chi connectivity index (χ0v) is 25.8. The van der Waals surface area contributed by atoms with E-state index in [2.05, 4.69) is 0 Å². The van der Waals surface area contributed by atoms with Gasteiger partial charge < -0.3 is 18.9 Å². The fourth-order valence-electron chi connectivity index (χ4n) is 4.89. The Labute approximate surface area is 262 Å². The number of hydrogen-bond donors (Lipinski definition) is 0. The van der Waals surface area contributed by atoms with Crippen LogP contribution in [-0.2, 0) is 19.1 Å². The molecule has 9 nitrogen and oxygen atoms in total. The Bertz CT molecular complexity index is 1910. The van der Waals surface area contributed by atoms with E-state index in [1.165, 1.54) is 16.7 Å². The molecule has 1 aromatic heterocycles. The van der Waals surface area contributed by atoms with Crippen LogP contribution in [0.25, 0.3) is 11.8 Å². The third-order valence-corrected chi connectivity index (χ3v) is 7.76. The summed E-state index contributed by atoms with van der Waals surface area (Å²) in [4.78, 5) is 44.6. The van der Waals surface area contributed by atoms with Crippen LogP contribution in [-0.4, -0.2) is 42.9 Å². The van der Waals surface area contributed by atoms with Gasteiger partial charge in [-0.1, -0.05) is 59.9 Å². The van der Waals surface area contributed by atoms with Gasteiger partial charge in [0.1, 0.15) is 5.82 Å². The SMILES string of the molecule is CCOC(=O)COc1ccc(C=c2sc3n(c2=O)[C@H](c2ccc(F)cc2)C(C(=O)OCC)=C(c2ccccc2)N=3)cc1OCC. The van der Waals surface area contributed by atoms with Crippen LogP contribution in [0.15, 0.2) is 88.2 Å². The molecule has 11 heteroatoms. The number of carbonyl (C=O) groups is 2. The third kappa shape index (κ3) is 6.88. The van der Waals surface area contributed by atoms with E-state index in [4.69, 9.17) is 23.9 Å². The first-order chi connectivity index (χ1) is 21.8. The lowest BCUT2D eigenvalue weighted by Gasteiger charge is -2.25. The number of benzene rings is 3. The molecule has 0 aliphatic carbocycles. The molecule has 0 unspecified atom stereocenters. The van der Waals surface area contributed by atoms with Gasteiger partial charge in [0.25, 0.3) is 5.56 Å². The lowest BCUT2D eigenvalue weighted by molar-refractivity contribution is -0.145. The summed E-state index contributed by atoms with van der Waals surface area (Å²) in [5.74, 6) is -0.827. The van der Waals surface area contributed by atoms with Crippen LogP contribution < -0.4 is 24.4 Å². The Morgan fingerprint density at radius 1 is 0.911 bits per heavy atom. The molecule has 0 saturated carbocycles. The van der Waals surface area contributed by atoms with Gasteiger partial charge in [0.15, 0.2) is 22.9 Å². The fourth-order valence-corrected chi connectivity index (χ4v) is 5.89. The van der Waals surface area contributed by atoms with Crippen LogP contribution in [0.5, 0.6) is 11.5 Å². The summed E-state index contributed by atoms with van der Waals surface area (Å²) in [6.45, 7) is 5.66. The van der Waals surface area contributed by atoms with Crippen molar-refractivity contribution in [3.05, 3.63) is 121 Å². The number of fused-ring (bicyclic) bond motifs is 1. The molecule has 0 N–H and O–H groups in total. The van der Waals surface area contributed by atoms with Crippen molar-refractivity contribution in [3.63, 3.8) is 0 Å². The second-order valence-electron chi connectivity index (χ2n) is 9.72. The quantitative estimate of drug-likeness (QED) is 0.226. The first-order valence-corrected chi connectivity index (χ1v) is 15.2. The van der Waals surface area contributed by atoms with Crippen molar-refractivity contribution < 1.29 is 32.9 Å². The van der Waals surface area contributed by atoms with Crippen molar-refractivity contribution in [1.29, 1.82) is 0 Å². The van der Waals surface area contributed by atoms with E-state index in [1.54, 1.807) is 50.3 Å². The number of carbonyl (C=O) groups excluding carboxylic acids is 2. The standard InChI is InChI=1S/C34H31FN2O7S/c1-4-41-26-18-21(12-17-25(26)44-20-28(38)42-5-2)19-27-32(39)37-31(23-13-15-24(35)16-14-23)29(33(40)43-6-3)30(36-34(37)45-27)22-10-8-7-9-11-22/h7-19,31H,4-6,20H2,1-3H3/t31-/m1/s1. The van der Waals surface area contributed by atoms with Crippen LogP contribution >= 0.6 is 11.3 Å². The molecule has 0 bridgehead atoms. The highest BCUT2D eigenvalue weighted by Gasteiger charge is 2.35. The predicted molar refractivity (Wildman–Crippen MR) is 167 cm³/mol. The van der Waals surface area contributed by atoms with Gasteiger partial charge in [-0.15, -0.1) is 0 Å². The number of ether oxygens (including phenoxy) is 4. The second-order valence-corrected chi connectivity index (χ2v) is 10.7. The molecule has 0 radical (unpaired) electrons. The minimum absolute atomic E-state index is 0.118. The highest BCUT2D eigenvalue weighted by molar-refractivity contribution is 7.07. The number of hydrogen-bond acceptors (Lipinski definition) is 9. The molecule has 1 atom stereocenters. The molecule has 1 aliphatic rings. The summed E-state index contributed by atoms with van der Waals surface area (Å²) < 4.78 is 37.5. The van der Waals surface area contributed by atoms with Crippen molar-refractivity contribution in [2.45, 2.75) is 26.8 Å². The van der Waals surface area contributed by atoms with E-state index in [1.807, 2.05) is 37.3 Å². The normalized spacial score (nSPS) is 14.4. The second kappa shape index (κ2) is 14.2. The molecular formula is C34H31FN2O7S. The van der Waals surface area contributed by atoms with Gasteiger partial charge in [0, 0.05) is 5.56 Å². The fraction of sp³-hybridized carbons (Fsp3) is 0.235. The average Bonchev–Trinajstić information content (AvgIpc) is 3.35. The summed E-state index contributed by atoms with van der Waals surface area (Å²) in [6, 6.07) is 19.0. The number of rotatable bonds is 11. The van der Waals surface area contributed by atoms with Gasteiger partial charge in [-0.3, -0.25) is 9.36 Å². The Morgan fingerprint density at radius 3 is 2.33 bits per heavy atom. The van der Waals surface area contributed by atoms with Crippen LogP contribution in [0.4, 0.5) is 4.39 Å². The Hall–Kier alpha value is -5.03. The molecule has 232 valence electrons. The smallest absolute Gasteiger partial charge is 0.344 e. The Kier molecular flexibility index (Phi) is 9.89. The minimum Gasteiger partial charge on any atom is -0.490 e. The van der Waals surface area contributed by atoms with E-state index in [0.717, 1.165) is 11.3 Å². The molecule has 0 amide bonds. The van der Waals surface area contributed by atoms with Crippen molar-refractivity contribution in [1.82, 2.24) is 4.57 Å². The third-order valence-electron chi connectivity index (χ3n) is 6.78. The number of esters is 2. The van der Waals surface area contributed by atoms with Crippen LogP contribution in [0.2, 0.25) is 0 Å². The van der Waals surface area contributed by atoms with Crippen molar-refractivity contribution >= 4 is 35.0 Å². The van der Waals surface area contributed by atoms with Gasteiger partial charge in [0.2, 0.25) is 0 Å². The molecule has 0 fully saturated rings. The number of nitrogens with zero attached hydrogens (tertiary/aromatic N) is 2. The van der Waals surface area contributed by atoms with Crippen molar-refractivity contribution in [2.75, 3.05) is 26.4 Å². The van der Waals surface area contributed by atoms with Crippen LogP contribution in [0, 0.1) is 5.82 Å². The largest absolute Gasteiger partial charge is 0.490 e. The minimum atomic E-state index is -0.920. The zero-order chi connectivity index (χ0) is 31.9. The van der Waals surface area contributed by atoms with Crippen molar-refractivity contribution in [2.24, 2.45) is 4.99 Å². The van der Waals surface area contributed by atoms with Gasteiger partial charge in [-0.2, -0.15) is 0 Å². The molecule has 0 spiro atoms. The maximum absolute atomic E-state index is 14.1. The molecule has 1 aliphatic heterocycles. The van der Waals surface area contributed by atoms with Gasteiger partial charge in [-0.05, 0) is 62.2 Å². The van der Waals surface area contributed by atoms with Gasteiger partial charge >= 0.3 is 11.9 Å². The van der Waals surface area contributed by atoms with E-state index in [-0.39, 0.29) is 31.0 Å². The maximum Gasteiger partial charge on any atom is 0.344 e. The summed E-state index contributed by atoms with van der Waals surface area (Å²) in [5, 5.41) is 0. The van der Waals surface area contributed by atoms with Crippen LogP contribution in [0.3, 0.4) is 0 Å². The van der Waals surface area contributed by atoms with Gasteiger partial charge in [0.05, 0.1) is 41.7 Å². The summed E-state index contributed by atoms with van der Waals surface area (Å²) in [5.41, 5.74) is 2.00. The lowest BCUT2D eigenvalue weighted by atomic mass is 9.93. The lowest BCUT2D eigenvalue weighted by Crippen LogP contribution is -2.40. The van der Waals surface area contributed by atoms with E-state index < -0.39 is 23.8 Å². The summed E-state index contributed by atoms with van der Waals surface area (Å²) >= 11 is 1.16. The van der Waals surface area contributed by atoms with E-state index in [0.29, 0.717) is 49.8 Å².